The van der Waals surface area contributed by atoms with Gasteiger partial charge in [-0.2, -0.15) is 0 Å². The minimum Gasteiger partial charge on any atom is -0.310 e. The smallest absolute Gasteiger partial charge is 0.0714 e. The maximum Gasteiger partial charge on any atom is 0.0714 e. The third-order valence-corrected chi connectivity index (χ3v) is 15.7. The summed E-state index contributed by atoms with van der Waals surface area (Å²) >= 11 is 0. The van der Waals surface area contributed by atoms with E-state index in [0.29, 0.717) is 0 Å². The molecule has 0 saturated heterocycles. The summed E-state index contributed by atoms with van der Waals surface area (Å²) in [5.41, 5.74) is 24.1. The van der Waals surface area contributed by atoms with Crippen molar-refractivity contribution in [1.29, 1.82) is 0 Å². The summed E-state index contributed by atoms with van der Waals surface area (Å²) in [6, 6.07) is 90.5. The summed E-state index contributed by atoms with van der Waals surface area (Å²) in [7, 11) is 0. The fourth-order valence-corrected chi connectivity index (χ4v) is 12.6. The van der Waals surface area contributed by atoms with E-state index in [0.717, 1.165) is 28.4 Å². The van der Waals surface area contributed by atoms with E-state index in [1.807, 2.05) is 0 Å². The van der Waals surface area contributed by atoms with Gasteiger partial charge in [0, 0.05) is 44.8 Å². The highest BCUT2D eigenvalue weighted by Gasteiger charge is 2.46. The third kappa shape index (κ3) is 5.98. The molecule has 10 aromatic rings. The number of fused-ring (bicyclic) bond motifs is 9. The number of nitrogens with zero attached hydrogens (tertiary/aromatic N) is 2. The van der Waals surface area contributed by atoms with Gasteiger partial charge in [-0.05, 0) is 133 Å². The Bertz CT molecular complexity index is 3590. The van der Waals surface area contributed by atoms with E-state index < -0.39 is 5.41 Å². The number of anilines is 6. The van der Waals surface area contributed by atoms with Crippen molar-refractivity contribution in [3.63, 3.8) is 0 Å². The maximum atomic E-state index is 2.49. The van der Waals surface area contributed by atoms with Crippen molar-refractivity contribution < 1.29 is 0 Å². The molecule has 3 aliphatic carbocycles. The first kappa shape index (κ1) is 41.0. The Labute approximate surface area is 406 Å². The average Bonchev–Trinajstić information content (AvgIpc) is 3.92. The molecule has 0 unspecified atom stereocenters. The molecule has 2 nitrogen and oxygen atoms in total. The van der Waals surface area contributed by atoms with Crippen LogP contribution in [0.25, 0.3) is 33.4 Å². The lowest BCUT2D eigenvalue weighted by atomic mass is 9.67. The van der Waals surface area contributed by atoms with E-state index in [4.69, 9.17) is 0 Å². The molecular weight excluding hydrogens is 833 g/mol. The van der Waals surface area contributed by atoms with Crippen LogP contribution in [0.15, 0.2) is 243 Å². The van der Waals surface area contributed by atoms with Gasteiger partial charge in [-0.1, -0.05) is 210 Å². The average molecular weight is 885 g/mol. The fraction of sp³-hybridized carbons (Fsp3) is 0.104. The van der Waals surface area contributed by atoms with Gasteiger partial charge in [0.15, 0.2) is 0 Å². The van der Waals surface area contributed by atoms with Gasteiger partial charge in [0.1, 0.15) is 0 Å². The van der Waals surface area contributed by atoms with Crippen molar-refractivity contribution >= 4 is 34.1 Å². The standard InChI is InChI=1S/C67H52N2/c1-65(2)57-34-15-11-32-54(57)56-44-51(40-41-59(56)65)68(48-27-19-24-46(42-48)67(45-22-7-5-8-23-45)60-36-17-12-30-52(60)53-31-13-18-37-61(53)67)49-28-20-29-50(43-49)69(47-25-9-6-10-26-47)63-39-21-38-62-64(63)55-33-14-16-35-58(55)66(62,3)4/h5-44H,1-4H3. The van der Waals surface area contributed by atoms with Crippen LogP contribution in [0, 0.1) is 0 Å². The molecule has 330 valence electrons. The minimum absolute atomic E-state index is 0.111. The lowest BCUT2D eigenvalue weighted by molar-refractivity contribution is 0.660. The molecule has 0 aromatic heterocycles. The zero-order valence-corrected chi connectivity index (χ0v) is 39.5. The van der Waals surface area contributed by atoms with Crippen molar-refractivity contribution in [2.24, 2.45) is 0 Å². The van der Waals surface area contributed by atoms with Gasteiger partial charge in [0.25, 0.3) is 0 Å². The summed E-state index contributed by atoms with van der Waals surface area (Å²) < 4.78 is 0. The Balaban J connectivity index is 1.05. The van der Waals surface area contributed by atoms with Crippen LogP contribution in [-0.4, -0.2) is 0 Å². The van der Waals surface area contributed by atoms with E-state index in [1.54, 1.807) is 0 Å². The molecule has 13 rings (SSSR count). The molecule has 0 fully saturated rings. The first-order valence-electron chi connectivity index (χ1n) is 24.3. The second-order valence-corrected chi connectivity index (χ2v) is 20.1. The van der Waals surface area contributed by atoms with Gasteiger partial charge < -0.3 is 9.80 Å². The van der Waals surface area contributed by atoms with Crippen LogP contribution in [-0.2, 0) is 16.2 Å². The summed E-state index contributed by atoms with van der Waals surface area (Å²) in [5, 5.41) is 0. The normalized spacial score (nSPS) is 14.7. The van der Waals surface area contributed by atoms with Gasteiger partial charge in [-0.15, -0.1) is 0 Å². The molecule has 0 amide bonds. The van der Waals surface area contributed by atoms with Crippen LogP contribution in [0.3, 0.4) is 0 Å². The van der Waals surface area contributed by atoms with Gasteiger partial charge in [-0.25, -0.2) is 0 Å². The van der Waals surface area contributed by atoms with Gasteiger partial charge in [0.05, 0.1) is 11.1 Å². The highest BCUT2D eigenvalue weighted by atomic mass is 15.2. The molecular formula is C67H52N2. The lowest BCUT2D eigenvalue weighted by Gasteiger charge is -2.35. The number of benzene rings is 10. The summed E-state index contributed by atoms with van der Waals surface area (Å²) in [4.78, 5) is 4.96. The van der Waals surface area contributed by atoms with Crippen molar-refractivity contribution in [2.75, 3.05) is 9.80 Å². The van der Waals surface area contributed by atoms with E-state index in [2.05, 4.69) is 280 Å². The molecule has 0 radical (unpaired) electrons. The lowest BCUT2D eigenvalue weighted by Crippen LogP contribution is -2.28. The quantitative estimate of drug-likeness (QED) is 0.150. The molecule has 0 spiro atoms. The van der Waals surface area contributed by atoms with Gasteiger partial charge >= 0.3 is 0 Å². The predicted octanol–water partition coefficient (Wildman–Crippen LogP) is 17.6. The van der Waals surface area contributed by atoms with Gasteiger partial charge in [-0.3, -0.25) is 0 Å². The van der Waals surface area contributed by atoms with Crippen molar-refractivity contribution in [3.8, 4) is 33.4 Å². The Morgan fingerprint density at radius 2 is 0.681 bits per heavy atom. The van der Waals surface area contributed by atoms with E-state index in [9.17, 15) is 0 Å². The second-order valence-electron chi connectivity index (χ2n) is 20.1. The Hall–Kier alpha value is -8.20. The zero-order valence-electron chi connectivity index (χ0n) is 39.5. The third-order valence-electron chi connectivity index (χ3n) is 15.7. The topological polar surface area (TPSA) is 6.48 Å². The summed E-state index contributed by atoms with van der Waals surface area (Å²) in [5.74, 6) is 0. The summed E-state index contributed by atoms with van der Waals surface area (Å²) in [6.45, 7) is 9.45. The monoisotopic (exact) mass is 884 g/mol. The molecule has 0 heterocycles. The molecule has 0 N–H and O–H groups in total. The summed E-state index contributed by atoms with van der Waals surface area (Å²) in [6.07, 6.45) is 0. The maximum absolute atomic E-state index is 2.49. The number of rotatable bonds is 8. The fourth-order valence-electron chi connectivity index (χ4n) is 12.6. The van der Waals surface area contributed by atoms with Crippen LogP contribution in [0.1, 0.15) is 72.2 Å². The molecule has 2 heteroatoms. The Morgan fingerprint density at radius 1 is 0.261 bits per heavy atom. The highest BCUT2D eigenvalue weighted by Crippen LogP contribution is 2.58. The van der Waals surface area contributed by atoms with Gasteiger partial charge in [0.2, 0.25) is 0 Å². The van der Waals surface area contributed by atoms with E-state index >= 15 is 0 Å². The van der Waals surface area contributed by atoms with E-state index in [1.165, 1.54) is 83.6 Å². The van der Waals surface area contributed by atoms with Crippen LogP contribution in [0.2, 0.25) is 0 Å². The molecule has 0 aliphatic heterocycles. The van der Waals surface area contributed by atoms with Crippen molar-refractivity contribution in [2.45, 2.75) is 43.9 Å². The zero-order chi connectivity index (χ0) is 46.5. The van der Waals surface area contributed by atoms with Crippen LogP contribution >= 0.6 is 0 Å². The van der Waals surface area contributed by atoms with Crippen molar-refractivity contribution in [3.05, 3.63) is 287 Å². The predicted molar refractivity (Wildman–Crippen MR) is 288 cm³/mol. The first-order chi connectivity index (χ1) is 33.8. The largest absolute Gasteiger partial charge is 0.310 e. The molecule has 0 atom stereocenters. The number of hydrogen-bond donors (Lipinski definition) is 0. The van der Waals surface area contributed by atoms with Crippen LogP contribution < -0.4 is 9.80 Å². The molecule has 10 aromatic carbocycles. The Kier molecular flexibility index (Phi) is 9.17. The van der Waals surface area contributed by atoms with Crippen molar-refractivity contribution in [1.82, 2.24) is 0 Å². The first-order valence-corrected chi connectivity index (χ1v) is 24.3. The molecule has 0 saturated carbocycles. The number of para-hydroxylation sites is 1. The highest BCUT2D eigenvalue weighted by molar-refractivity contribution is 5.96. The van der Waals surface area contributed by atoms with E-state index in [-0.39, 0.29) is 10.8 Å². The van der Waals surface area contributed by atoms with Crippen LogP contribution in [0.4, 0.5) is 34.1 Å². The minimum atomic E-state index is -0.541. The molecule has 3 aliphatic rings. The molecule has 69 heavy (non-hydrogen) atoms. The number of hydrogen-bond acceptors (Lipinski definition) is 2. The SMILES string of the molecule is CC1(C)c2ccccc2-c2cc(N(c3cccc(N(c4ccccc4)c4cccc5c4-c4ccccc4C5(C)C)c3)c3cccc(C4(c5ccccc5)c5ccccc5-c5ccccc54)c3)ccc21. The van der Waals surface area contributed by atoms with Crippen LogP contribution in [0.5, 0.6) is 0 Å². The Morgan fingerprint density at radius 3 is 1.35 bits per heavy atom. The molecule has 0 bridgehead atoms. The second kappa shape index (κ2) is 15.4.